The van der Waals surface area contributed by atoms with Crippen LogP contribution in [0.25, 0.3) is 17.1 Å². The van der Waals surface area contributed by atoms with Gasteiger partial charge in [0.25, 0.3) is 5.91 Å². The molecule has 0 atom stereocenters. The Balaban J connectivity index is 1.52. The molecule has 0 saturated heterocycles. The average molecular weight is 499 g/mol. The molecule has 4 rings (SSSR count). The molecule has 0 fully saturated rings. The quantitative estimate of drug-likeness (QED) is 0.224. The highest BCUT2D eigenvalue weighted by Gasteiger charge is 2.18. The monoisotopic (exact) mass is 498 g/mol. The van der Waals surface area contributed by atoms with E-state index >= 15 is 0 Å². The molecule has 3 aromatic heterocycles. The molecule has 1 N–H and O–H groups in total. The Labute approximate surface area is 205 Å². The van der Waals surface area contributed by atoms with Gasteiger partial charge >= 0.3 is 0 Å². The number of nitrogens with zero attached hydrogens (tertiary/aromatic N) is 5. The van der Waals surface area contributed by atoms with Crippen molar-refractivity contribution in [2.45, 2.75) is 37.1 Å². The van der Waals surface area contributed by atoms with E-state index in [1.165, 1.54) is 23.1 Å². The van der Waals surface area contributed by atoms with E-state index in [-0.39, 0.29) is 5.91 Å². The zero-order valence-electron chi connectivity index (χ0n) is 18.1. The van der Waals surface area contributed by atoms with E-state index in [1.807, 2.05) is 41.0 Å². The molecule has 0 spiro atoms. The van der Waals surface area contributed by atoms with Crippen molar-refractivity contribution in [3.05, 3.63) is 69.9 Å². The van der Waals surface area contributed by atoms with E-state index in [0.29, 0.717) is 34.0 Å². The second kappa shape index (κ2) is 11.4. The first-order chi connectivity index (χ1) is 16.2. The van der Waals surface area contributed by atoms with E-state index < -0.39 is 0 Å². The van der Waals surface area contributed by atoms with Gasteiger partial charge in [0.15, 0.2) is 11.0 Å². The van der Waals surface area contributed by atoms with Crippen LogP contribution in [0.15, 0.2) is 59.3 Å². The normalized spacial score (nSPS) is 11.0. The molecule has 0 bridgehead atoms. The first kappa shape index (κ1) is 23.4. The lowest BCUT2D eigenvalue weighted by Crippen LogP contribution is -2.24. The number of halogens is 1. The van der Waals surface area contributed by atoms with Crippen molar-refractivity contribution in [2.75, 3.05) is 6.54 Å². The van der Waals surface area contributed by atoms with Gasteiger partial charge in [-0.2, -0.15) is 0 Å². The Morgan fingerprint density at radius 2 is 2.12 bits per heavy atom. The first-order valence-electron chi connectivity index (χ1n) is 10.6. The minimum Gasteiger partial charge on any atom is -0.351 e. The predicted molar refractivity (Wildman–Crippen MR) is 133 cm³/mol. The number of nitrogens with one attached hydrogen (secondary N) is 1. The number of unbranched alkanes of at least 4 members (excludes halogenated alkanes) is 2. The number of hydrogen-bond acceptors (Lipinski definition) is 7. The molecular formula is C23H23ClN6OS2. The molecule has 4 aromatic rings. The SMILES string of the molecule is CCCCCNC(=O)c1csc(CSc2nnc(-c3cccnc3)n2-c2cccc(Cl)c2)n1. The van der Waals surface area contributed by atoms with Gasteiger partial charge in [-0.15, -0.1) is 21.5 Å². The molecule has 0 radical (unpaired) electrons. The number of carbonyl (C=O) groups is 1. The highest BCUT2D eigenvalue weighted by Crippen LogP contribution is 2.31. The highest BCUT2D eigenvalue weighted by molar-refractivity contribution is 7.98. The fraction of sp³-hybridized carbons (Fsp3) is 0.261. The van der Waals surface area contributed by atoms with Crippen LogP contribution in [0, 0.1) is 0 Å². The molecule has 3 heterocycles. The van der Waals surface area contributed by atoms with Crippen molar-refractivity contribution < 1.29 is 4.79 Å². The van der Waals surface area contributed by atoms with Crippen LogP contribution < -0.4 is 5.32 Å². The van der Waals surface area contributed by atoms with Crippen molar-refractivity contribution in [2.24, 2.45) is 0 Å². The van der Waals surface area contributed by atoms with Crippen molar-refractivity contribution in [1.29, 1.82) is 0 Å². The molecule has 0 aliphatic carbocycles. The molecule has 0 saturated carbocycles. The first-order valence-corrected chi connectivity index (χ1v) is 12.9. The van der Waals surface area contributed by atoms with Gasteiger partial charge in [0, 0.05) is 34.9 Å². The zero-order valence-corrected chi connectivity index (χ0v) is 20.5. The van der Waals surface area contributed by atoms with Crippen LogP contribution in [-0.4, -0.2) is 37.2 Å². The number of thiazole rings is 1. The van der Waals surface area contributed by atoms with Gasteiger partial charge in [0.1, 0.15) is 10.7 Å². The molecular weight excluding hydrogens is 476 g/mol. The van der Waals surface area contributed by atoms with Crippen LogP contribution in [-0.2, 0) is 5.75 Å². The second-order valence-electron chi connectivity index (χ2n) is 7.24. The maximum atomic E-state index is 12.3. The Hall–Kier alpha value is -2.75. The summed E-state index contributed by atoms with van der Waals surface area (Å²) in [6.07, 6.45) is 6.68. The maximum Gasteiger partial charge on any atom is 0.270 e. The Morgan fingerprint density at radius 1 is 1.21 bits per heavy atom. The van der Waals surface area contributed by atoms with Crippen LogP contribution in [0.4, 0.5) is 0 Å². The Bertz CT molecular complexity index is 1210. The maximum absolute atomic E-state index is 12.3. The van der Waals surface area contributed by atoms with E-state index in [1.54, 1.807) is 17.8 Å². The molecule has 0 aliphatic heterocycles. The number of pyridine rings is 1. The Morgan fingerprint density at radius 3 is 2.91 bits per heavy atom. The second-order valence-corrected chi connectivity index (χ2v) is 9.56. The minimum atomic E-state index is -0.125. The summed E-state index contributed by atoms with van der Waals surface area (Å²) in [6, 6.07) is 11.4. The van der Waals surface area contributed by atoms with Crippen molar-refractivity contribution in [3.63, 3.8) is 0 Å². The third kappa shape index (κ3) is 5.98. The molecule has 0 unspecified atom stereocenters. The summed E-state index contributed by atoms with van der Waals surface area (Å²) in [6.45, 7) is 2.81. The van der Waals surface area contributed by atoms with Crippen LogP contribution in [0.1, 0.15) is 41.7 Å². The fourth-order valence-electron chi connectivity index (χ4n) is 3.17. The molecule has 0 aliphatic rings. The van der Waals surface area contributed by atoms with Crippen LogP contribution >= 0.6 is 34.7 Å². The molecule has 1 aromatic carbocycles. The molecule has 33 heavy (non-hydrogen) atoms. The van der Waals surface area contributed by atoms with Crippen LogP contribution in [0.2, 0.25) is 5.02 Å². The van der Waals surface area contributed by atoms with Gasteiger partial charge in [-0.3, -0.25) is 14.3 Å². The van der Waals surface area contributed by atoms with Crippen LogP contribution in [0.5, 0.6) is 0 Å². The van der Waals surface area contributed by atoms with Gasteiger partial charge in [0.2, 0.25) is 0 Å². The predicted octanol–water partition coefficient (Wildman–Crippen LogP) is 5.65. The minimum absolute atomic E-state index is 0.125. The van der Waals surface area contributed by atoms with E-state index in [4.69, 9.17) is 11.6 Å². The average Bonchev–Trinajstić information content (AvgIpc) is 3.48. The topological polar surface area (TPSA) is 85.6 Å². The number of rotatable bonds is 10. The summed E-state index contributed by atoms with van der Waals surface area (Å²) in [4.78, 5) is 21.0. The highest BCUT2D eigenvalue weighted by atomic mass is 35.5. The van der Waals surface area contributed by atoms with Gasteiger partial charge < -0.3 is 5.32 Å². The number of carbonyl (C=O) groups excluding carboxylic acids is 1. The summed E-state index contributed by atoms with van der Waals surface area (Å²) in [5.41, 5.74) is 2.17. The number of aromatic nitrogens is 5. The smallest absolute Gasteiger partial charge is 0.270 e. The van der Waals surface area contributed by atoms with Crippen molar-refractivity contribution in [1.82, 2.24) is 30.0 Å². The van der Waals surface area contributed by atoms with Gasteiger partial charge in [-0.05, 0) is 36.8 Å². The van der Waals surface area contributed by atoms with E-state index in [9.17, 15) is 4.79 Å². The largest absolute Gasteiger partial charge is 0.351 e. The Kier molecular flexibility index (Phi) is 8.09. The third-order valence-corrected chi connectivity index (χ3v) is 7.00. The number of amides is 1. The van der Waals surface area contributed by atoms with E-state index in [0.717, 1.165) is 35.5 Å². The lowest BCUT2D eigenvalue weighted by molar-refractivity contribution is 0.0948. The summed E-state index contributed by atoms with van der Waals surface area (Å²) < 4.78 is 1.96. The number of thioether (sulfide) groups is 1. The fourth-order valence-corrected chi connectivity index (χ4v) is 5.10. The lowest BCUT2D eigenvalue weighted by atomic mass is 10.2. The summed E-state index contributed by atoms with van der Waals surface area (Å²) in [7, 11) is 0. The van der Waals surface area contributed by atoms with Gasteiger partial charge in [-0.25, -0.2) is 4.98 Å². The molecule has 10 heteroatoms. The zero-order chi connectivity index (χ0) is 23.0. The van der Waals surface area contributed by atoms with Crippen LogP contribution in [0.3, 0.4) is 0 Å². The van der Waals surface area contributed by atoms with Gasteiger partial charge in [0.05, 0.1) is 11.4 Å². The molecule has 1 amide bonds. The number of hydrogen-bond donors (Lipinski definition) is 1. The summed E-state index contributed by atoms with van der Waals surface area (Å²) in [5.74, 6) is 1.12. The van der Waals surface area contributed by atoms with Crippen molar-refractivity contribution in [3.8, 4) is 17.1 Å². The molecule has 170 valence electrons. The standard InChI is InChI=1S/C23H23ClN6OS2/c1-2-3-4-11-26-22(31)19-14-32-20(27-19)15-33-23-29-28-21(16-7-6-10-25-13-16)30(23)18-9-5-8-17(24)12-18/h5-10,12-14H,2-4,11,15H2,1H3,(H,26,31). The number of benzene rings is 1. The van der Waals surface area contributed by atoms with E-state index in [2.05, 4.69) is 32.4 Å². The summed E-state index contributed by atoms with van der Waals surface area (Å²) >= 11 is 9.23. The third-order valence-electron chi connectivity index (χ3n) is 4.79. The van der Waals surface area contributed by atoms with Gasteiger partial charge in [-0.1, -0.05) is 49.2 Å². The lowest BCUT2D eigenvalue weighted by Gasteiger charge is -2.10. The van der Waals surface area contributed by atoms with Crippen molar-refractivity contribution >= 4 is 40.6 Å². The molecule has 7 nitrogen and oxygen atoms in total. The summed E-state index contributed by atoms with van der Waals surface area (Å²) in [5, 5.41) is 15.7.